The second-order valence-corrected chi connectivity index (χ2v) is 10.5. The van der Waals surface area contributed by atoms with Crippen LogP contribution in [-0.4, -0.2) is 79.4 Å². The predicted molar refractivity (Wildman–Crippen MR) is 139 cm³/mol. The summed E-state index contributed by atoms with van der Waals surface area (Å²) < 4.78 is 67.7. The maximum Gasteiger partial charge on any atom is 0.407 e. The molecule has 0 spiro atoms. The molecule has 1 aliphatic rings. The van der Waals surface area contributed by atoms with Gasteiger partial charge in [-0.3, -0.25) is 14.9 Å². The van der Waals surface area contributed by atoms with Gasteiger partial charge in [0.1, 0.15) is 28.9 Å². The minimum absolute atomic E-state index is 0.0509. The summed E-state index contributed by atoms with van der Waals surface area (Å²) in [6, 6.07) is 5.23. The summed E-state index contributed by atoms with van der Waals surface area (Å²) in [6.45, 7) is 6.63. The number of amides is 1. The zero-order valence-corrected chi connectivity index (χ0v) is 22.4. The Kier molecular flexibility index (Phi) is 8.22. The molecule has 39 heavy (non-hydrogen) atoms. The fourth-order valence-corrected chi connectivity index (χ4v) is 4.82. The fraction of sp³-hybridized carbons (Fsp3) is 0.500. The molecule has 1 fully saturated rings. The van der Waals surface area contributed by atoms with Crippen molar-refractivity contribution in [3.8, 4) is 0 Å². The van der Waals surface area contributed by atoms with Gasteiger partial charge in [-0.15, -0.1) is 0 Å². The Morgan fingerprint density at radius 1 is 1.00 bits per heavy atom. The van der Waals surface area contributed by atoms with Crippen LogP contribution >= 0.6 is 0 Å². The highest BCUT2D eigenvalue weighted by molar-refractivity contribution is 6.08. The number of fused-ring (bicyclic) bond motifs is 3. The molecular formula is C28H33F4N3O4. The average Bonchev–Trinajstić information content (AvgIpc) is 3.22. The second kappa shape index (κ2) is 11.1. The Labute approximate surface area is 224 Å². The van der Waals surface area contributed by atoms with Crippen molar-refractivity contribution in [1.82, 2.24) is 15.1 Å². The highest BCUT2D eigenvalue weighted by Crippen LogP contribution is 2.37. The van der Waals surface area contributed by atoms with Gasteiger partial charge in [-0.2, -0.15) is 13.2 Å². The van der Waals surface area contributed by atoms with E-state index in [-0.39, 0.29) is 23.7 Å². The summed E-state index contributed by atoms with van der Waals surface area (Å²) in [4.78, 5) is 29.4. The number of hydrogen-bond acceptors (Lipinski definition) is 6. The van der Waals surface area contributed by atoms with E-state index < -0.39 is 36.3 Å². The number of nitrogens with one attached hydrogen (secondary N) is 1. The Hall–Kier alpha value is -3.18. The maximum atomic E-state index is 14.4. The monoisotopic (exact) mass is 551 g/mol. The molecule has 4 rings (SSSR count). The van der Waals surface area contributed by atoms with Crippen LogP contribution in [0.15, 0.2) is 40.8 Å². The quantitative estimate of drug-likeness (QED) is 0.305. The molecule has 2 atom stereocenters. The van der Waals surface area contributed by atoms with Crippen molar-refractivity contribution < 1.29 is 36.3 Å². The van der Waals surface area contributed by atoms with Gasteiger partial charge in [-0.05, 0) is 57.6 Å². The van der Waals surface area contributed by atoms with Crippen molar-refractivity contribution in [2.45, 2.75) is 51.1 Å². The van der Waals surface area contributed by atoms with E-state index in [0.29, 0.717) is 35.0 Å². The van der Waals surface area contributed by atoms with Crippen LogP contribution in [0.3, 0.4) is 0 Å². The first-order valence-electron chi connectivity index (χ1n) is 12.9. The molecule has 2 aromatic carbocycles. The van der Waals surface area contributed by atoms with Crippen LogP contribution in [0, 0.1) is 0 Å². The van der Waals surface area contributed by atoms with Gasteiger partial charge in [0.25, 0.3) is 5.91 Å². The number of piperazine rings is 1. The summed E-state index contributed by atoms with van der Waals surface area (Å²) in [5.41, 5.74) is -1.02. The minimum Gasteiger partial charge on any atom is -0.465 e. The Morgan fingerprint density at radius 2 is 1.69 bits per heavy atom. The Balaban J connectivity index is 1.66. The molecule has 1 aromatic heterocycles. The number of carbonyl (C=O) groups is 2. The molecule has 212 valence electrons. The molecule has 1 amide bonds. The van der Waals surface area contributed by atoms with Gasteiger partial charge in [0.2, 0.25) is 0 Å². The van der Waals surface area contributed by atoms with Crippen molar-refractivity contribution in [2.24, 2.45) is 0 Å². The van der Waals surface area contributed by atoms with Crippen LogP contribution < -0.4 is 5.32 Å². The molecule has 0 aliphatic carbocycles. The van der Waals surface area contributed by atoms with E-state index in [0.717, 1.165) is 13.1 Å². The second-order valence-electron chi connectivity index (χ2n) is 10.5. The largest absolute Gasteiger partial charge is 0.465 e. The Morgan fingerprint density at radius 3 is 2.31 bits per heavy atom. The smallest absolute Gasteiger partial charge is 0.407 e. The topological polar surface area (TPSA) is 75.0 Å². The van der Waals surface area contributed by atoms with Crippen molar-refractivity contribution >= 4 is 33.8 Å². The standard InChI is InChI=1S/C28H33F4N3O4/c1-5-38-26(37)21(16-27(2,3)29)33-24(28(30,31)32)17-6-8-19-20-14-18(7-9-22(20)39-23(19)15-17)25(36)35-12-10-34(4)11-13-35/h6-9,14-15,21,24,33H,5,10-13,16H2,1-4H3/t21-,24-/m0/s1. The number of ether oxygens (including phenoxy) is 1. The number of furan rings is 1. The van der Waals surface area contributed by atoms with E-state index in [4.69, 9.17) is 9.15 Å². The summed E-state index contributed by atoms with van der Waals surface area (Å²) >= 11 is 0. The molecule has 1 N–H and O–H groups in total. The van der Waals surface area contributed by atoms with Crippen molar-refractivity contribution in [2.75, 3.05) is 39.8 Å². The van der Waals surface area contributed by atoms with E-state index in [1.165, 1.54) is 39.0 Å². The number of alkyl halides is 4. The Bertz CT molecular complexity index is 1340. The zero-order valence-electron chi connectivity index (χ0n) is 22.4. The van der Waals surface area contributed by atoms with Gasteiger partial charge >= 0.3 is 12.1 Å². The van der Waals surface area contributed by atoms with Crippen LogP contribution in [0.25, 0.3) is 21.9 Å². The van der Waals surface area contributed by atoms with Gasteiger partial charge in [0.15, 0.2) is 0 Å². The average molecular weight is 552 g/mol. The highest BCUT2D eigenvalue weighted by Gasteiger charge is 2.44. The zero-order chi connectivity index (χ0) is 28.5. The molecule has 0 unspecified atom stereocenters. The van der Waals surface area contributed by atoms with E-state index in [2.05, 4.69) is 10.2 Å². The third-order valence-corrected chi connectivity index (χ3v) is 6.82. The molecule has 3 aromatic rings. The lowest BCUT2D eigenvalue weighted by Gasteiger charge is -2.32. The molecule has 0 saturated carbocycles. The molecular weight excluding hydrogens is 518 g/mol. The van der Waals surface area contributed by atoms with E-state index in [1.807, 2.05) is 7.05 Å². The molecule has 0 bridgehead atoms. The number of carbonyl (C=O) groups excluding carboxylic acids is 2. The number of esters is 1. The molecule has 7 nitrogen and oxygen atoms in total. The van der Waals surface area contributed by atoms with Crippen LogP contribution in [0.2, 0.25) is 0 Å². The molecule has 11 heteroatoms. The van der Waals surface area contributed by atoms with Gasteiger partial charge in [-0.25, -0.2) is 4.39 Å². The van der Waals surface area contributed by atoms with Crippen LogP contribution in [0.5, 0.6) is 0 Å². The summed E-state index contributed by atoms with van der Waals surface area (Å²) in [5, 5.41) is 3.44. The normalized spacial score (nSPS) is 17.0. The first-order chi connectivity index (χ1) is 18.3. The van der Waals surface area contributed by atoms with Gasteiger partial charge in [0, 0.05) is 48.9 Å². The highest BCUT2D eigenvalue weighted by atomic mass is 19.4. The number of likely N-dealkylation sites (N-methyl/N-ethyl adjacent to an activating group) is 1. The molecule has 0 radical (unpaired) electrons. The minimum atomic E-state index is -4.80. The van der Waals surface area contributed by atoms with Crippen molar-refractivity contribution in [1.29, 1.82) is 0 Å². The number of hydrogen-bond donors (Lipinski definition) is 1. The van der Waals surface area contributed by atoms with Crippen LogP contribution in [-0.2, 0) is 9.53 Å². The molecule has 2 heterocycles. The lowest BCUT2D eigenvalue weighted by Crippen LogP contribution is -2.47. The first-order valence-corrected chi connectivity index (χ1v) is 12.9. The lowest BCUT2D eigenvalue weighted by molar-refractivity contribution is -0.165. The lowest BCUT2D eigenvalue weighted by atomic mass is 9.97. The third kappa shape index (κ3) is 6.70. The van der Waals surface area contributed by atoms with Gasteiger partial charge in [-0.1, -0.05) is 12.1 Å². The number of rotatable bonds is 8. The fourth-order valence-electron chi connectivity index (χ4n) is 4.82. The SMILES string of the molecule is CCOC(=O)[C@H](CC(C)(C)F)N[C@@H](c1ccc2c(c1)oc1ccc(C(=O)N3CCN(C)CC3)cc12)C(F)(F)F. The van der Waals surface area contributed by atoms with Gasteiger partial charge < -0.3 is 19.0 Å². The summed E-state index contributed by atoms with van der Waals surface area (Å²) in [7, 11) is 2.00. The number of halogens is 4. The predicted octanol–water partition coefficient (Wildman–Crippen LogP) is 5.24. The van der Waals surface area contributed by atoms with E-state index >= 15 is 0 Å². The van der Waals surface area contributed by atoms with Crippen LogP contribution in [0.4, 0.5) is 17.6 Å². The maximum absolute atomic E-state index is 14.4. The van der Waals surface area contributed by atoms with Gasteiger partial charge in [0.05, 0.1) is 6.61 Å². The van der Waals surface area contributed by atoms with Crippen molar-refractivity contribution in [3.63, 3.8) is 0 Å². The number of nitrogens with zero attached hydrogens (tertiary/aromatic N) is 2. The van der Waals surface area contributed by atoms with Crippen molar-refractivity contribution in [3.05, 3.63) is 47.5 Å². The molecule has 1 aliphatic heterocycles. The summed E-state index contributed by atoms with van der Waals surface area (Å²) in [5.74, 6) is -1.07. The third-order valence-electron chi connectivity index (χ3n) is 6.82. The first kappa shape index (κ1) is 28.8. The van der Waals surface area contributed by atoms with E-state index in [9.17, 15) is 27.2 Å². The number of benzene rings is 2. The van der Waals surface area contributed by atoms with Crippen LogP contribution in [0.1, 0.15) is 49.2 Å². The van der Waals surface area contributed by atoms with E-state index in [1.54, 1.807) is 23.1 Å². The summed E-state index contributed by atoms with van der Waals surface area (Å²) in [6.07, 6.45) is -5.30. The molecule has 1 saturated heterocycles.